The van der Waals surface area contributed by atoms with Gasteiger partial charge in [0, 0.05) is 41.8 Å². The van der Waals surface area contributed by atoms with E-state index in [9.17, 15) is 8.42 Å². The van der Waals surface area contributed by atoms with E-state index in [4.69, 9.17) is 9.26 Å². The number of aryl methyl sites for hydroxylation is 2. The minimum absolute atomic E-state index is 0.182. The number of fused-ring (bicyclic) bond motifs is 1. The Kier molecular flexibility index (Phi) is 6.02. The van der Waals surface area contributed by atoms with Crippen LogP contribution in [0.1, 0.15) is 34.7 Å². The Balaban J connectivity index is 1.49. The molecule has 8 heteroatoms. The molecule has 4 aromatic rings. The highest BCUT2D eigenvalue weighted by atomic mass is 32.2. The molecule has 1 aliphatic heterocycles. The molecule has 0 saturated heterocycles. The fourth-order valence-electron chi connectivity index (χ4n) is 5.02. The van der Waals surface area contributed by atoms with Gasteiger partial charge in [0.25, 0.3) is 0 Å². The summed E-state index contributed by atoms with van der Waals surface area (Å²) in [6.45, 7) is 6.92. The van der Waals surface area contributed by atoms with Gasteiger partial charge >= 0.3 is 0 Å². The molecule has 0 spiro atoms. The zero-order valence-corrected chi connectivity index (χ0v) is 21.2. The van der Waals surface area contributed by atoms with E-state index in [1.165, 1.54) is 37.6 Å². The molecule has 182 valence electrons. The highest BCUT2D eigenvalue weighted by Gasteiger charge is 2.32. The molecular weight excluding hydrogens is 462 g/mol. The maximum Gasteiger partial charge on any atom is 0.248 e. The summed E-state index contributed by atoms with van der Waals surface area (Å²) in [4.78, 5) is 0.182. The Bertz CT molecular complexity index is 1510. The van der Waals surface area contributed by atoms with Crippen LogP contribution in [-0.4, -0.2) is 42.6 Å². The highest BCUT2D eigenvalue weighted by molar-refractivity contribution is 7.89. The van der Waals surface area contributed by atoms with Crippen LogP contribution in [0, 0.1) is 20.8 Å². The molecule has 1 aliphatic rings. The van der Waals surface area contributed by atoms with Gasteiger partial charge < -0.3 is 13.8 Å². The van der Waals surface area contributed by atoms with Gasteiger partial charge in [-0.25, -0.2) is 8.42 Å². The predicted octanol–water partition coefficient (Wildman–Crippen LogP) is 5.09. The Morgan fingerprint density at radius 1 is 1.06 bits per heavy atom. The summed E-state index contributed by atoms with van der Waals surface area (Å²) in [5.74, 6) is 1.17. The first-order valence-corrected chi connectivity index (χ1v) is 13.1. The summed E-state index contributed by atoms with van der Waals surface area (Å²) in [7, 11) is -1.99. The van der Waals surface area contributed by atoms with Crippen molar-refractivity contribution in [3.05, 3.63) is 82.9 Å². The number of benzene rings is 2. The second kappa shape index (κ2) is 9.02. The van der Waals surface area contributed by atoms with Crippen LogP contribution < -0.4 is 4.74 Å². The molecule has 0 bridgehead atoms. The first-order valence-electron chi connectivity index (χ1n) is 11.6. The lowest BCUT2D eigenvalue weighted by atomic mass is 9.97. The monoisotopic (exact) mass is 491 g/mol. The number of rotatable bonds is 6. The van der Waals surface area contributed by atoms with Crippen LogP contribution in [0.4, 0.5) is 0 Å². The quantitative estimate of drug-likeness (QED) is 0.375. The first kappa shape index (κ1) is 23.4. The fraction of sp³-hybridized carbons (Fsp3) is 0.296. The molecule has 0 fully saturated rings. The standard InChI is InChI=1S/C27H29N3O4S/c1-18-27(20(3)34-28-18)35(31,32)29-15-13-22(14-16-29)26-19(2)30(25-8-6-5-7-24(25)26)17-21-9-11-23(33-4)12-10-21/h5-13H,14-17H2,1-4H3. The second-order valence-corrected chi connectivity index (χ2v) is 10.8. The molecule has 0 atom stereocenters. The summed E-state index contributed by atoms with van der Waals surface area (Å²) in [6.07, 6.45) is 2.69. The summed E-state index contributed by atoms with van der Waals surface area (Å²) in [5, 5.41) is 5.01. The molecule has 35 heavy (non-hydrogen) atoms. The van der Waals surface area contributed by atoms with Gasteiger partial charge in [-0.15, -0.1) is 0 Å². The van der Waals surface area contributed by atoms with Crippen LogP contribution in [0.3, 0.4) is 0 Å². The van der Waals surface area contributed by atoms with E-state index in [1.807, 2.05) is 18.2 Å². The van der Waals surface area contributed by atoms with Crippen LogP contribution in [-0.2, 0) is 16.6 Å². The van der Waals surface area contributed by atoms with Crippen molar-refractivity contribution >= 4 is 26.5 Å². The van der Waals surface area contributed by atoms with Crippen molar-refractivity contribution in [2.75, 3.05) is 20.2 Å². The van der Waals surface area contributed by atoms with Gasteiger partial charge in [0.2, 0.25) is 10.0 Å². The maximum absolute atomic E-state index is 13.2. The lowest BCUT2D eigenvalue weighted by Gasteiger charge is -2.26. The third-order valence-corrected chi connectivity index (χ3v) is 8.90. The van der Waals surface area contributed by atoms with Crippen LogP contribution in [0.15, 0.2) is 64.0 Å². The van der Waals surface area contributed by atoms with Crippen LogP contribution in [0.25, 0.3) is 16.5 Å². The van der Waals surface area contributed by atoms with Crippen LogP contribution in [0.2, 0.25) is 0 Å². The lowest BCUT2D eigenvalue weighted by Crippen LogP contribution is -2.35. The van der Waals surface area contributed by atoms with Crippen molar-refractivity contribution in [3.8, 4) is 5.75 Å². The number of ether oxygens (including phenoxy) is 1. The van der Waals surface area contributed by atoms with Crippen molar-refractivity contribution in [2.45, 2.75) is 38.6 Å². The number of sulfonamides is 1. The minimum Gasteiger partial charge on any atom is -0.497 e. The zero-order chi connectivity index (χ0) is 24.7. The summed E-state index contributed by atoms with van der Waals surface area (Å²) in [6, 6.07) is 16.5. The van der Waals surface area contributed by atoms with Crippen molar-refractivity contribution in [1.29, 1.82) is 0 Å². The third-order valence-electron chi connectivity index (χ3n) is 6.79. The summed E-state index contributed by atoms with van der Waals surface area (Å²) in [5.41, 5.74) is 6.31. The Labute approximate surface area is 205 Å². The molecular formula is C27H29N3O4S. The Hall–Kier alpha value is -3.36. The summed E-state index contributed by atoms with van der Waals surface area (Å²) < 4.78 is 40.7. The van der Waals surface area contributed by atoms with E-state index in [-0.39, 0.29) is 4.90 Å². The number of methoxy groups -OCH3 is 1. The highest BCUT2D eigenvalue weighted by Crippen LogP contribution is 2.36. The molecule has 3 heterocycles. The predicted molar refractivity (Wildman–Crippen MR) is 136 cm³/mol. The average Bonchev–Trinajstić information content (AvgIpc) is 3.35. The smallest absolute Gasteiger partial charge is 0.248 e. The van der Waals surface area contributed by atoms with Gasteiger partial charge in [0.15, 0.2) is 5.76 Å². The number of hydrogen-bond acceptors (Lipinski definition) is 5. The van der Waals surface area contributed by atoms with Gasteiger partial charge in [0.1, 0.15) is 16.3 Å². The lowest BCUT2D eigenvalue weighted by molar-refractivity contribution is 0.389. The van der Waals surface area contributed by atoms with Crippen molar-refractivity contribution < 1.29 is 17.7 Å². The molecule has 0 radical (unpaired) electrons. The van der Waals surface area contributed by atoms with Gasteiger partial charge in [-0.05, 0) is 56.5 Å². The van der Waals surface area contributed by atoms with E-state index in [1.54, 1.807) is 21.0 Å². The molecule has 0 N–H and O–H groups in total. The van der Waals surface area contributed by atoms with E-state index >= 15 is 0 Å². The second-order valence-electron chi connectivity index (χ2n) is 8.91. The van der Waals surface area contributed by atoms with Gasteiger partial charge in [-0.1, -0.05) is 41.6 Å². The first-order chi connectivity index (χ1) is 16.8. The van der Waals surface area contributed by atoms with Gasteiger partial charge in [0.05, 0.1) is 7.11 Å². The van der Waals surface area contributed by atoms with Crippen LogP contribution in [0.5, 0.6) is 5.75 Å². The molecule has 0 unspecified atom stereocenters. The molecule has 5 rings (SSSR count). The van der Waals surface area contributed by atoms with Gasteiger partial charge in [-0.2, -0.15) is 4.31 Å². The molecule has 0 amide bonds. The molecule has 2 aromatic heterocycles. The van der Waals surface area contributed by atoms with Crippen molar-refractivity contribution in [1.82, 2.24) is 14.0 Å². The molecule has 7 nitrogen and oxygen atoms in total. The third kappa shape index (κ3) is 4.06. The number of hydrogen-bond donors (Lipinski definition) is 0. The zero-order valence-electron chi connectivity index (χ0n) is 20.4. The minimum atomic E-state index is -3.66. The van der Waals surface area contributed by atoms with E-state index in [0.717, 1.165) is 12.3 Å². The average molecular weight is 492 g/mol. The van der Waals surface area contributed by atoms with E-state index < -0.39 is 10.0 Å². The topological polar surface area (TPSA) is 77.6 Å². The fourth-order valence-corrected chi connectivity index (χ4v) is 6.69. The SMILES string of the molecule is COc1ccc(Cn2c(C)c(C3=CCN(S(=O)(=O)c4c(C)noc4C)CC3)c3ccccc32)cc1. The Morgan fingerprint density at radius 3 is 2.43 bits per heavy atom. The van der Waals surface area contributed by atoms with Crippen molar-refractivity contribution in [2.24, 2.45) is 0 Å². The number of para-hydroxylation sites is 1. The molecule has 2 aromatic carbocycles. The summed E-state index contributed by atoms with van der Waals surface area (Å²) >= 11 is 0. The van der Waals surface area contributed by atoms with E-state index in [0.29, 0.717) is 31.0 Å². The van der Waals surface area contributed by atoms with Crippen molar-refractivity contribution in [3.63, 3.8) is 0 Å². The number of aromatic nitrogens is 2. The molecule has 0 saturated carbocycles. The normalized spacial score (nSPS) is 14.9. The van der Waals surface area contributed by atoms with Crippen LogP contribution >= 0.6 is 0 Å². The molecule has 0 aliphatic carbocycles. The van der Waals surface area contributed by atoms with E-state index in [2.05, 4.69) is 53.0 Å². The Morgan fingerprint density at radius 2 is 1.80 bits per heavy atom. The largest absolute Gasteiger partial charge is 0.497 e. The maximum atomic E-state index is 13.2. The number of nitrogens with zero attached hydrogens (tertiary/aromatic N) is 3. The van der Waals surface area contributed by atoms with Gasteiger partial charge in [-0.3, -0.25) is 0 Å².